The summed E-state index contributed by atoms with van der Waals surface area (Å²) >= 11 is 12.4. The fourth-order valence-electron chi connectivity index (χ4n) is 2.99. The highest BCUT2D eigenvalue weighted by Gasteiger charge is 2.48. The second kappa shape index (κ2) is 4.41. The van der Waals surface area contributed by atoms with Crippen LogP contribution in [-0.2, 0) is 10.5 Å². The number of hydrogen-bond donors (Lipinski definition) is 1. The Morgan fingerprint density at radius 1 is 1.33 bits per heavy atom. The minimum atomic E-state index is -0.447. The third kappa shape index (κ3) is 1.73. The molecule has 0 bridgehead atoms. The molecule has 1 N–H and O–H groups in total. The van der Waals surface area contributed by atoms with E-state index in [1.165, 1.54) is 0 Å². The molecule has 2 aliphatic rings. The Bertz CT molecular complexity index is 506. The van der Waals surface area contributed by atoms with Gasteiger partial charge in [-0.15, -0.1) is 0 Å². The molecule has 1 unspecified atom stereocenters. The van der Waals surface area contributed by atoms with Crippen molar-refractivity contribution in [1.29, 1.82) is 0 Å². The third-order valence-corrected chi connectivity index (χ3v) is 4.38. The van der Waals surface area contributed by atoms with E-state index >= 15 is 0 Å². The van der Waals surface area contributed by atoms with Crippen molar-refractivity contribution in [2.45, 2.75) is 24.9 Å². The summed E-state index contributed by atoms with van der Waals surface area (Å²) in [5.41, 5.74) is 0.472. The number of nitrogens with one attached hydrogen (secondary N) is 1. The molecule has 1 amide bonds. The van der Waals surface area contributed by atoms with Crippen molar-refractivity contribution < 1.29 is 4.79 Å². The molecule has 0 aromatic heterocycles. The van der Waals surface area contributed by atoms with E-state index in [0.717, 1.165) is 31.5 Å². The van der Waals surface area contributed by atoms with Gasteiger partial charge < -0.3 is 4.90 Å². The number of halogens is 2. The number of amides is 1. The average Bonchev–Trinajstić information content (AvgIpc) is 2.72. The minimum absolute atomic E-state index is 0.193. The summed E-state index contributed by atoms with van der Waals surface area (Å²) in [6.07, 6.45) is 2.30. The first kappa shape index (κ1) is 12.3. The van der Waals surface area contributed by atoms with Crippen molar-refractivity contribution in [3.8, 4) is 0 Å². The van der Waals surface area contributed by atoms with Crippen LogP contribution in [0.3, 0.4) is 0 Å². The molecule has 3 rings (SSSR count). The Hall–Kier alpha value is -0.770. The number of carbonyl (C=O) groups excluding carboxylic acids is 1. The second-order valence-corrected chi connectivity index (χ2v) is 5.65. The van der Waals surface area contributed by atoms with Crippen LogP contribution < -0.4 is 5.32 Å². The van der Waals surface area contributed by atoms with Crippen molar-refractivity contribution in [2.24, 2.45) is 0 Å². The maximum Gasteiger partial charge on any atom is 0.224 e. The lowest BCUT2D eigenvalue weighted by Gasteiger charge is -2.44. The second-order valence-electron chi connectivity index (χ2n) is 4.81. The Balaban J connectivity index is 2.12. The van der Waals surface area contributed by atoms with E-state index in [1.807, 2.05) is 11.0 Å². The minimum Gasteiger partial charge on any atom is -0.320 e. The first-order chi connectivity index (χ1) is 8.63. The number of hydrogen-bond acceptors (Lipinski definition) is 2. The van der Waals surface area contributed by atoms with Gasteiger partial charge in [-0.25, -0.2) is 0 Å². The van der Waals surface area contributed by atoms with Gasteiger partial charge in [0.2, 0.25) is 5.91 Å². The van der Waals surface area contributed by atoms with Gasteiger partial charge >= 0.3 is 0 Å². The quantitative estimate of drug-likeness (QED) is 0.860. The molecule has 0 aliphatic carbocycles. The van der Waals surface area contributed by atoms with Gasteiger partial charge in [0.25, 0.3) is 0 Å². The van der Waals surface area contributed by atoms with Gasteiger partial charge in [0.1, 0.15) is 5.66 Å². The summed E-state index contributed by atoms with van der Waals surface area (Å²) in [5, 5.41) is 4.78. The molecular formula is C13H14Cl2N2O. The van der Waals surface area contributed by atoms with Crippen molar-refractivity contribution in [1.82, 2.24) is 10.2 Å². The average molecular weight is 285 g/mol. The number of carbonyl (C=O) groups is 1. The summed E-state index contributed by atoms with van der Waals surface area (Å²) in [7, 11) is 0. The molecule has 2 fully saturated rings. The molecule has 1 aromatic rings. The van der Waals surface area contributed by atoms with Crippen LogP contribution in [0.4, 0.5) is 0 Å². The molecule has 96 valence electrons. The summed E-state index contributed by atoms with van der Waals surface area (Å²) < 4.78 is 0. The molecule has 2 saturated heterocycles. The molecule has 0 spiro atoms. The van der Waals surface area contributed by atoms with Crippen LogP contribution in [0, 0.1) is 0 Å². The molecule has 5 heteroatoms. The zero-order valence-electron chi connectivity index (χ0n) is 9.88. The molecule has 3 nitrogen and oxygen atoms in total. The lowest BCUT2D eigenvalue weighted by Crippen LogP contribution is -2.58. The number of benzene rings is 1. The summed E-state index contributed by atoms with van der Waals surface area (Å²) in [6.45, 7) is 1.68. The predicted molar refractivity (Wildman–Crippen MR) is 71.7 cm³/mol. The number of nitrogens with zero attached hydrogens (tertiary/aromatic N) is 1. The number of fused-ring (bicyclic) bond motifs is 1. The molecule has 0 radical (unpaired) electrons. The highest BCUT2D eigenvalue weighted by molar-refractivity contribution is 6.33. The molecule has 0 saturated carbocycles. The van der Waals surface area contributed by atoms with E-state index in [2.05, 4.69) is 5.32 Å². The van der Waals surface area contributed by atoms with Crippen LogP contribution in [0.25, 0.3) is 0 Å². The maximum absolute atomic E-state index is 12.0. The Morgan fingerprint density at radius 3 is 3.00 bits per heavy atom. The van der Waals surface area contributed by atoms with E-state index in [-0.39, 0.29) is 5.91 Å². The predicted octanol–water partition coefficient (Wildman–Crippen LogP) is 2.76. The highest BCUT2D eigenvalue weighted by Crippen LogP contribution is 2.42. The summed E-state index contributed by atoms with van der Waals surface area (Å²) in [4.78, 5) is 13.9. The van der Waals surface area contributed by atoms with Gasteiger partial charge in [-0.1, -0.05) is 23.2 Å². The SMILES string of the molecule is O=C1CCC2(c3cc(Cl)ccc3Cl)NCCCN12. The van der Waals surface area contributed by atoms with Gasteiger partial charge in [0.15, 0.2) is 0 Å². The Kier molecular flexibility index (Phi) is 3.00. The third-order valence-electron chi connectivity index (χ3n) is 3.81. The topological polar surface area (TPSA) is 32.3 Å². The normalized spacial score (nSPS) is 27.4. The van der Waals surface area contributed by atoms with E-state index in [1.54, 1.807) is 12.1 Å². The fourth-order valence-corrected chi connectivity index (χ4v) is 3.44. The van der Waals surface area contributed by atoms with Crippen molar-refractivity contribution in [3.05, 3.63) is 33.8 Å². The van der Waals surface area contributed by atoms with Gasteiger partial charge in [0.05, 0.1) is 0 Å². The van der Waals surface area contributed by atoms with Crippen LogP contribution in [0.5, 0.6) is 0 Å². The van der Waals surface area contributed by atoms with E-state index in [9.17, 15) is 4.79 Å². The Morgan fingerprint density at radius 2 is 2.17 bits per heavy atom. The largest absolute Gasteiger partial charge is 0.320 e. The molecule has 18 heavy (non-hydrogen) atoms. The molecule has 1 atom stereocenters. The van der Waals surface area contributed by atoms with Crippen LogP contribution in [0.1, 0.15) is 24.8 Å². The van der Waals surface area contributed by atoms with Crippen LogP contribution in [0.2, 0.25) is 10.0 Å². The Labute approximate surface area is 116 Å². The van der Waals surface area contributed by atoms with Gasteiger partial charge in [-0.05, 0) is 37.6 Å². The lowest BCUT2D eigenvalue weighted by atomic mass is 9.94. The maximum atomic E-state index is 12.0. The fraction of sp³-hybridized carbons (Fsp3) is 0.462. The standard InChI is InChI=1S/C13H14Cl2N2O/c14-9-2-3-11(15)10(8-9)13-5-4-12(18)17(13)7-1-6-16-13/h2-3,8,16H,1,4-7H2. The van der Waals surface area contributed by atoms with Crippen LogP contribution >= 0.6 is 23.2 Å². The highest BCUT2D eigenvalue weighted by atomic mass is 35.5. The van der Waals surface area contributed by atoms with Crippen LogP contribution in [-0.4, -0.2) is 23.9 Å². The van der Waals surface area contributed by atoms with E-state index in [4.69, 9.17) is 23.2 Å². The van der Waals surface area contributed by atoms with Crippen molar-refractivity contribution in [2.75, 3.05) is 13.1 Å². The summed E-state index contributed by atoms with van der Waals surface area (Å²) in [5.74, 6) is 0.193. The lowest BCUT2D eigenvalue weighted by molar-refractivity contribution is -0.133. The monoisotopic (exact) mass is 284 g/mol. The molecule has 1 aromatic carbocycles. The summed E-state index contributed by atoms with van der Waals surface area (Å²) in [6, 6.07) is 5.44. The zero-order chi connectivity index (χ0) is 12.8. The molecule has 2 aliphatic heterocycles. The van der Waals surface area contributed by atoms with Crippen molar-refractivity contribution in [3.63, 3.8) is 0 Å². The first-order valence-corrected chi connectivity index (χ1v) is 6.90. The number of rotatable bonds is 1. The van der Waals surface area contributed by atoms with Gasteiger partial charge in [0, 0.05) is 28.6 Å². The van der Waals surface area contributed by atoms with E-state index < -0.39 is 5.66 Å². The molecule has 2 heterocycles. The zero-order valence-corrected chi connectivity index (χ0v) is 11.4. The molecular weight excluding hydrogens is 271 g/mol. The first-order valence-electron chi connectivity index (χ1n) is 6.14. The van der Waals surface area contributed by atoms with Crippen molar-refractivity contribution >= 4 is 29.1 Å². The van der Waals surface area contributed by atoms with E-state index in [0.29, 0.717) is 16.5 Å². The van der Waals surface area contributed by atoms with Gasteiger partial charge in [-0.3, -0.25) is 10.1 Å². The van der Waals surface area contributed by atoms with Gasteiger partial charge in [-0.2, -0.15) is 0 Å². The smallest absolute Gasteiger partial charge is 0.224 e. The van der Waals surface area contributed by atoms with Crippen LogP contribution in [0.15, 0.2) is 18.2 Å².